The molecule has 1 atom stereocenters. The van der Waals surface area contributed by atoms with Gasteiger partial charge in [-0.3, -0.25) is 4.99 Å². The maximum Gasteiger partial charge on any atom is 0.416 e. The fourth-order valence-corrected chi connectivity index (χ4v) is 2.60. The van der Waals surface area contributed by atoms with E-state index in [0.29, 0.717) is 26.1 Å². The highest BCUT2D eigenvalue weighted by Gasteiger charge is 2.32. The van der Waals surface area contributed by atoms with E-state index in [4.69, 9.17) is 5.73 Å². The van der Waals surface area contributed by atoms with Crippen LogP contribution < -0.4 is 16.4 Å². The molecule has 0 spiro atoms. The molecule has 1 unspecified atom stereocenters. The van der Waals surface area contributed by atoms with Gasteiger partial charge in [0.15, 0.2) is 0 Å². The minimum atomic E-state index is -4.60. The third-order valence-corrected chi connectivity index (χ3v) is 4.80. The number of nitrogens with two attached hydrogens (primary N) is 1. The van der Waals surface area contributed by atoms with Crippen molar-refractivity contribution in [1.29, 1.82) is 0 Å². The summed E-state index contributed by atoms with van der Waals surface area (Å²) in [4.78, 5) is 9.92. The van der Waals surface area contributed by atoms with E-state index in [0.717, 1.165) is 25.1 Å². The average molecular weight is 523 g/mol. The number of aliphatic hydroxyl groups excluding tert-OH is 1. The average Bonchev–Trinajstić information content (AvgIpc) is 2.77. The summed E-state index contributed by atoms with van der Waals surface area (Å²) in [5, 5.41) is 14.8. The number of hydrogen-bond donors (Lipinski definition) is 4. The Labute approximate surface area is 206 Å². The predicted octanol–water partition coefficient (Wildman–Crippen LogP) is 5.09. The zero-order valence-electron chi connectivity index (χ0n) is 20.3. The Hall–Kier alpha value is -3.22. The van der Waals surface area contributed by atoms with Gasteiger partial charge in [-0.2, -0.15) is 26.3 Å². The number of allylic oxidation sites excluding steroid dienone is 3. The number of benzene rings is 1. The predicted molar refractivity (Wildman–Crippen MR) is 131 cm³/mol. The molecule has 0 fully saturated rings. The van der Waals surface area contributed by atoms with Crippen molar-refractivity contribution in [3.05, 3.63) is 41.6 Å². The van der Waals surface area contributed by atoms with E-state index in [-0.39, 0.29) is 23.6 Å². The molecule has 7 nitrogen and oxygen atoms in total. The minimum absolute atomic E-state index is 0.0460. The summed E-state index contributed by atoms with van der Waals surface area (Å²) < 4.78 is 77.1. The molecule has 1 rings (SSSR count). The highest BCUT2D eigenvalue weighted by molar-refractivity contribution is 5.82. The smallest absolute Gasteiger partial charge is 0.395 e. The van der Waals surface area contributed by atoms with Gasteiger partial charge in [0.05, 0.1) is 48.0 Å². The van der Waals surface area contributed by atoms with Gasteiger partial charge in [-0.25, -0.2) is 4.99 Å². The fourth-order valence-electron chi connectivity index (χ4n) is 2.60. The Morgan fingerprint density at radius 2 is 1.92 bits per heavy atom. The van der Waals surface area contributed by atoms with Crippen LogP contribution in [0, 0.1) is 0 Å². The molecule has 13 heteroatoms. The van der Waals surface area contributed by atoms with Crippen LogP contribution >= 0.6 is 0 Å². The van der Waals surface area contributed by atoms with Crippen molar-refractivity contribution >= 4 is 29.7 Å². The fraction of sp³-hybridized carbons (Fsp3) is 0.478. The number of nitrogens with zero attached hydrogens (tertiary/aromatic N) is 3. The summed E-state index contributed by atoms with van der Waals surface area (Å²) in [7, 11) is 0. The van der Waals surface area contributed by atoms with Crippen molar-refractivity contribution < 1.29 is 31.4 Å². The molecular formula is C23H32F6N6O. The number of rotatable bonds is 13. The molecule has 0 saturated carbocycles. The van der Waals surface area contributed by atoms with E-state index < -0.39 is 29.6 Å². The number of nitrogen functional groups attached to an aromatic ring is 1. The molecular weight excluding hydrogens is 490 g/mol. The van der Waals surface area contributed by atoms with Crippen LogP contribution in [0.25, 0.3) is 0 Å². The van der Waals surface area contributed by atoms with Gasteiger partial charge in [0.25, 0.3) is 0 Å². The number of likely N-dealkylation sites (N-methyl/N-ethyl adjacent to an activating group) is 1. The highest BCUT2D eigenvalue weighted by atomic mass is 19.4. The molecule has 0 aliphatic heterocycles. The Balaban J connectivity index is 2.80. The van der Waals surface area contributed by atoms with Gasteiger partial charge in [0.1, 0.15) is 0 Å². The summed E-state index contributed by atoms with van der Waals surface area (Å²) >= 11 is 0. The lowest BCUT2D eigenvalue weighted by molar-refractivity contribution is -0.137. The molecule has 0 amide bonds. The Morgan fingerprint density at radius 3 is 2.50 bits per heavy atom. The molecule has 1 aromatic carbocycles. The first-order valence-electron chi connectivity index (χ1n) is 11.1. The van der Waals surface area contributed by atoms with Gasteiger partial charge in [0.2, 0.25) is 0 Å². The topological polar surface area (TPSA) is 98.3 Å². The molecule has 0 aliphatic carbocycles. The van der Waals surface area contributed by atoms with Crippen molar-refractivity contribution in [3.63, 3.8) is 0 Å². The quantitative estimate of drug-likeness (QED) is 0.0951. The van der Waals surface area contributed by atoms with E-state index in [9.17, 15) is 31.4 Å². The Morgan fingerprint density at radius 1 is 1.22 bits per heavy atom. The normalized spacial score (nSPS) is 14.2. The van der Waals surface area contributed by atoms with Crippen LogP contribution in [0.4, 0.5) is 43.4 Å². The summed E-state index contributed by atoms with van der Waals surface area (Å²) in [6.07, 6.45) is -3.17. The molecule has 0 aromatic heterocycles. The van der Waals surface area contributed by atoms with Gasteiger partial charge in [-0.05, 0) is 45.4 Å². The monoisotopic (exact) mass is 522 g/mol. The van der Waals surface area contributed by atoms with E-state index in [1.54, 1.807) is 11.8 Å². The first-order valence-corrected chi connectivity index (χ1v) is 11.1. The van der Waals surface area contributed by atoms with Crippen molar-refractivity contribution in [2.45, 2.75) is 45.6 Å². The van der Waals surface area contributed by atoms with Crippen LogP contribution in [0.2, 0.25) is 0 Å². The summed E-state index contributed by atoms with van der Waals surface area (Å²) in [5.41, 5.74) is 4.45. The Bertz CT molecular complexity index is 938. The van der Waals surface area contributed by atoms with Gasteiger partial charge < -0.3 is 26.4 Å². The molecule has 0 radical (unpaired) electrons. The minimum Gasteiger partial charge on any atom is -0.395 e. The number of hydrogen-bond acceptors (Lipinski definition) is 5. The van der Waals surface area contributed by atoms with Crippen molar-refractivity contribution in [2.75, 3.05) is 37.2 Å². The van der Waals surface area contributed by atoms with Gasteiger partial charge in [-0.1, -0.05) is 6.08 Å². The van der Waals surface area contributed by atoms with Crippen LogP contribution in [0.3, 0.4) is 0 Å². The number of nitrogens with one attached hydrogen (secondary N) is 2. The van der Waals surface area contributed by atoms with Crippen LogP contribution in [0.1, 0.15) is 32.8 Å². The van der Waals surface area contributed by atoms with Crippen LogP contribution in [-0.2, 0) is 6.18 Å². The molecule has 0 heterocycles. The number of alkyl halides is 6. The summed E-state index contributed by atoms with van der Waals surface area (Å²) in [5.74, 6) is 0. The Kier molecular flexibility index (Phi) is 12.3. The molecule has 202 valence electrons. The van der Waals surface area contributed by atoms with E-state index in [1.165, 1.54) is 25.0 Å². The third kappa shape index (κ3) is 11.5. The molecule has 36 heavy (non-hydrogen) atoms. The molecule has 1 aromatic rings. The maximum atomic E-state index is 13.4. The first-order chi connectivity index (χ1) is 16.8. The second-order valence-electron chi connectivity index (χ2n) is 7.80. The van der Waals surface area contributed by atoms with Crippen LogP contribution in [0.5, 0.6) is 0 Å². The van der Waals surface area contributed by atoms with Crippen molar-refractivity contribution in [3.8, 4) is 0 Å². The second kappa shape index (κ2) is 14.4. The zero-order valence-corrected chi connectivity index (χ0v) is 20.3. The molecule has 5 N–H and O–H groups in total. The maximum absolute atomic E-state index is 13.4. The zero-order chi connectivity index (χ0) is 27.4. The number of aliphatic imine (C=N–C) groups is 2. The number of halogens is 6. The summed E-state index contributed by atoms with van der Waals surface area (Å²) in [6.45, 7) is 5.75. The third-order valence-electron chi connectivity index (χ3n) is 4.80. The van der Waals surface area contributed by atoms with Gasteiger partial charge in [-0.15, -0.1) is 0 Å². The highest BCUT2D eigenvalue weighted by Crippen LogP contribution is 2.39. The molecule has 0 bridgehead atoms. The largest absolute Gasteiger partial charge is 0.416 e. The van der Waals surface area contributed by atoms with E-state index >= 15 is 0 Å². The van der Waals surface area contributed by atoms with E-state index in [2.05, 4.69) is 20.6 Å². The van der Waals surface area contributed by atoms with Crippen LogP contribution in [-0.4, -0.2) is 61.1 Å². The molecule has 0 aliphatic rings. The first kappa shape index (κ1) is 30.8. The van der Waals surface area contributed by atoms with Crippen molar-refractivity contribution in [2.24, 2.45) is 9.98 Å². The standard InChI is InChI=1S/C23H32F6N6O/c1-4-35(11-10-32-14-31-8-5-6-16(2)22(24,25)26)15-34-20-13-18(23(27,28)29)12-19(21(20)30)33-9-7-17(3)36/h5-6,8,12-15,17,33,36H,4,7,9-11,30H2,1-3H3,(H,31,32)/b8-5-,16-6+,34-15?. The summed E-state index contributed by atoms with van der Waals surface area (Å²) in [6, 6.07) is 1.77. The number of anilines is 2. The lowest BCUT2D eigenvalue weighted by Crippen LogP contribution is -2.24. The number of aliphatic hydroxyl groups is 1. The lowest BCUT2D eigenvalue weighted by atomic mass is 10.1. The van der Waals surface area contributed by atoms with Crippen LogP contribution in [0.15, 0.2) is 46.0 Å². The molecule has 0 saturated heterocycles. The SMILES string of the molecule is CCN(C=Nc1cc(C(F)(F)F)cc(NCCC(C)O)c1N)CCN=CN/C=C\C=C(/C)C(F)(F)F. The van der Waals surface area contributed by atoms with Gasteiger partial charge >= 0.3 is 12.4 Å². The van der Waals surface area contributed by atoms with E-state index in [1.807, 2.05) is 6.92 Å². The lowest BCUT2D eigenvalue weighted by Gasteiger charge is -2.18. The second-order valence-corrected chi connectivity index (χ2v) is 7.80. The van der Waals surface area contributed by atoms with Crippen molar-refractivity contribution in [1.82, 2.24) is 10.2 Å². The van der Waals surface area contributed by atoms with Gasteiger partial charge in [0, 0.05) is 31.4 Å².